The zero-order valence-electron chi connectivity index (χ0n) is 12.1. The Morgan fingerprint density at radius 2 is 1.85 bits per heavy atom. The van der Waals surface area contributed by atoms with Crippen molar-refractivity contribution in [1.29, 1.82) is 0 Å². The number of carboxylic acids is 1. The second-order valence-electron chi connectivity index (χ2n) is 4.55. The van der Waals surface area contributed by atoms with Gasteiger partial charge in [-0.15, -0.1) is 0 Å². The topological polar surface area (TPSA) is 105 Å². The van der Waals surface area contributed by atoms with Crippen LogP contribution in [0.25, 0.3) is 0 Å². The average Bonchev–Trinajstić information content (AvgIpc) is 2.37. The molecular weight excluding hydrogens is 264 g/mol. The highest BCUT2D eigenvalue weighted by Gasteiger charge is 2.13. The molecule has 0 aromatic carbocycles. The molecule has 0 saturated carbocycles. The smallest absolute Gasteiger partial charge is 0.306 e. The van der Waals surface area contributed by atoms with Gasteiger partial charge < -0.3 is 20.5 Å². The van der Waals surface area contributed by atoms with Gasteiger partial charge in [0.25, 0.3) is 0 Å². The van der Waals surface area contributed by atoms with E-state index in [4.69, 9.17) is 9.84 Å². The van der Waals surface area contributed by atoms with Crippen LogP contribution in [0, 0.1) is 0 Å². The van der Waals surface area contributed by atoms with Crippen LogP contribution in [0.4, 0.5) is 0 Å². The Bertz CT molecular complexity index is 320. The number of carboxylic acid groups (broad SMARTS) is 1. The lowest BCUT2D eigenvalue weighted by Gasteiger charge is -2.13. The van der Waals surface area contributed by atoms with Crippen LogP contribution < -0.4 is 10.6 Å². The van der Waals surface area contributed by atoms with Gasteiger partial charge >= 0.3 is 5.97 Å². The van der Waals surface area contributed by atoms with E-state index in [9.17, 15) is 14.4 Å². The molecule has 7 nitrogen and oxygen atoms in total. The maximum atomic E-state index is 11.5. The van der Waals surface area contributed by atoms with Crippen molar-refractivity contribution in [3.63, 3.8) is 0 Å². The van der Waals surface area contributed by atoms with Gasteiger partial charge in [-0.2, -0.15) is 0 Å². The molecule has 1 atom stereocenters. The minimum atomic E-state index is -0.955. The fourth-order valence-corrected chi connectivity index (χ4v) is 1.60. The number of rotatable bonds is 11. The molecule has 1 unspecified atom stereocenters. The number of carbonyl (C=O) groups is 3. The highest BCUT2D eigenvalue weighted by molar-refractivity contribution is 5.76. The SMILES string of the molecule is COC(CNC(=O)CCCCCNC(C)=O)CC(=O)O. The number of nitrogens with one attached hydrogen (secondary N) is 2. The van der Waals surface area contributed by atoms with E-state index >= 15 is 0 Å². The molecular formula is C13H24N2O5. The molecule has 0 fully saturated rings. The van der Waals surface area contributed by atoms with Crippen molar-refractivity contribution in [2.45, 2.75) is 45.1 Å². The zero-order valence-corrected chi connectivity index (χ0v) is 12.1. The molecule has 0 saturated heterocycles. The Morgan fingerprint density at radius 1 is 1.15 bits per heavy atom. The summed E-state index contributed by atoms with van der Waals surface area (Å²) in [6, 6.07) is 0. The lowest BCUT2D eigenvalue weighted by atomic mass is 10.2. The third-order valence-electron chi connectivity index (χ3n) is 2.72. The molecule has 20 heavy (non-hydrogen) atoms. The Hall–Kier alpha value is -1.63. The van der Waals surface area contributed by atoms with Crippen molar-refractivity contribution in [3.05, 3.63) is 0 Å². The Labute approximate surface area is 119 Å². The molecule has 3 N–H and O–H groups in total. The molecule has 0 spiro atoms. The van der Waals surface area contributed by atoms with E-state index in [0.29, 0.717) is 13.0 Å². The van der Waals surface area contributed by atoms with Crippen molar-refractivity contribution in [3.8, 4) is 0 Å². The predicted molar refractivity (Wildman–Crippen MR) is 73.2 cm³/mol. The summed E-state index contributed by atoms with van der Waals surface area (Å²) in [7, 11) is 1.42. The molecule has 0 aliphatic rings. The number of hydrogen-bond donors (Lipinski definition) is 3. The molecule has 0 aromatic heterocycles. The minimum absolute atomic E-state index is 0.0493. The molecule has 0 heterocycles. The highest BCUT2D eigenvalue weighted by Crippen LogP contribution is 2.00. The van der Waals surface area contributed by atoms with Crippen molar-refractivity contribution >= 4 is 17.8 Å². The van der Waals surface area contributed by atoms with Crippen molar-refractivity contribution < 1.29 is 24.2 Å². The number of methoxy groups -OCH3 is 1. The second kappa shape index (κ2) is 11.2. The monoisotopic (exact) mass is 288 g/mol. The first kappa shape index (κ1) is 18.4. The molecule has 0 bridgehead atoms. The molecule has 0 aromatic rings. The summed E-state index contributed by atoms with van der Waals surface area (Å²) in [5.74, 6) is -1.12. The van der Waals surface area contributed by atoms with Crippen LogP contribution in [0.15, 0.2) is 0 Å². The molecule has 0 aliphatic carbocycles. The quantitative estimate of drug-likeness (QED) is 0.474. The summed E-state index contributed by atoms with van der Waals surface area (Å²) in [4.78, 5) is 32.6. The molecule has 2 amide bonds. The first-order chi connectivity index (χ1) is 9.45. The van der Waals surface area contributed by atoms with Gasteiger partial charge in [0.05, 0.1) is 12.5 Å². The van der Waals surface area contributed by atoms with E-state index < -0.39 is 12.1 Å². The van der Waals surface area contributed by atoms with Crippen LogP contribution in [-0.4, -0.2) is 49.2 Å². The van der Waals surface area contributed by atoms with Gasteiger partial charge in [0.15, 0.2) is 0 Å². The molecule has 0 aliphatic heterocycles. The van der Waals surface area contributed by atoms with Crippen LogP contribution in [0.2, 0.25) is 0 Å². The Balaban J connectivity index is 3.57. The van der Waals surface area contributed by atoms with Gasteiger partial charge in [-0.05, 0) is 12.8 Å². The second-order valence-corrected chi connectivity index (χ2v) is 4.55. The van der Waals surface area contributed by atoms with Crippen LogP contribution in [0.5, 0.6) is 0 Å². The van der Waals surface area contributed by atoms with Gasteiger partial charge in [0.2, 0.25) is 11.8 Å². The normalized spacial score (nSPS) is 11.7. The van der Waals surface area contributed by atoms with Crippen molar-refractivity contribution in [2.24, 2.45) is 0 Å². The number of ether oxygens (including phenoxy) is 1. The molecule has 0 radical (unpaired) electrons. The lowest BCUT2D eigenvalue weighted by molar-refractivity contribution is -0.140. The predicted octanol–water partition coefficient (Wildman–Crippen LogP) is 0.289. The third kappa shape index (κ3) is 11.5. The average molecular weight is 288 g/mol. The molecule has 116 valence electrons. The maximum Gasteiger partial charge on any atom is 0.306 e. The van der Waals surface area contributed by atoms with E-state index in [0.717, 1.165) is 19.3 Å². The summed E-state index contributed by atoms with van der Waals surface area (Å²) in [6.45, 7) is 2.30. The van der Waals surface area contributed by atoms with Gasteiger partial charge in [0.1, 0.15) is 0 Å². The van der Waals surface area contributed by atoms with Crippen molar-refractivity contribution in [1.82, 2.24) is 10.6 Å². The van der Waals surface area contributed by atoms with Gasteiger partial charge in [0, 0.05) is 33.5 Å². The number of aliphatic carboxylic acids is 1. The highest BCUT2D eigenvalue weighted by atomic mass is 16.5. The molecule has 7 heteroatoms. The maximum absolute atomic E-state index is 11.5. The largest absolute Gasteiger partial charge is 0.481 e. The van der Waals surface area contributed by atoms with E-state index in [1.807, 2.05) is 0 Å². The van der Waals surface area contributed by atoms with Crippen LogP contribution >= 0.6 is 0 Å². The zero-order chi connectivity index (χ0) is 15.4. The van der Waals surface area contributed by atoms with Crippen molar-refractivity contribution in [2.75, 3.05) is 20.2 Å². The number of unbranched alkanes of at least 4 members (excludes halogenated alkanes) is 2. The number of amides is 2. The minimum Gasteiger partial charge on any atom is -0.481 e. The number of hydrogen-bond acceptors (Lipinski definition) is 4. The van der Waals surface area contributed by atoms with Crippen LogP contribution in [0.3, 0.4) is 0 Å². The van der Waals surface area contributed by atoms with Gasteiger partial charge in [-0.3, -0.25) is 14.4 Å². The van der Waals surface area contributed by atoms with Gasteiger partial charge in [-0.1, -0.05) is 6.42 Å². The third-order valence-corrected chi connectivity index (χ3v) is 2.72. The van der Waals surface area contributed by atoms with Crippen LogP contribution in [-0.2, 0) is 19.1 Å². The van der Waals surface area contributed by atoms with E-state index in [2.05, 4.69) is 10.6 Å². The lowest BCUT2D eigenvalue weighted by Crippen LogP contribution is -2.34. The van der Waals surface area contributed by atoms with E-state index in [1.54, 1.807) is 0 Å². The first-order valence-corrected chi connectivity index (χ1v) is 6.71. The fourth-order valence-electron chi connectivity index (χ4n) is 1.60. The standard InChI is InChI=1S/C13H24N2O5/c1-10(16)14-7-5-3-4-6-12(17)15-9-11(20-2)8-13(18)19/h11H,3-9H2,1-2H3,(H,14,16)(H,15,17)(H,18,19). The van der Waals surface area contributed by atoms with E-state index in [1.165, 1.54) is 14.0 Å². The summed E-state index contributed by atoms with van der Waals surface area (Å²) < 4.78 is 4.96. The summed E-state index contributed by atoms with van der Waals surface area (Å²) in [5, 5.41) is 14.0. The molecule has 0 rings (SSSR count). The fraction of sp³-hybridized carbons (Fsp3) is 0.769. The summed E-state index contributed by atoms with van der Waals surface area (Å²) in [6.07, 6.45) is 2.19. The number of carbonyl (C=O) groups excluding carboxylic acids is 2. The Kier molecular flexibility index (Phi) is 10.3. The van der Waals surface area contributed by atoms with Gasteiger partial charge in [-0.25, -0.2) is 0 Å². The summed E-state index contributed by atoms with van der Waals surface area (Å²) >= 11 is 0. The van der Waals surface area contributed by atoms with Crippen LogP contribution in [0.1, 0.15) is 39.0 Å². The van der Waals surface area contributed by atoms with E-state index in [-0.39, 0.29) is 24.8 Å². The first-order valence-electron chi connectivity index (χ1n) is 6.71. The summed E-state index contributed by atoms with van der Waals surface area (Å²) in [5.41, 5.74) is 0. The Morgan fingerprint density at radius 3 is 2.40 bits per heavy atom.